The predicted molar refractivity (Wildman–Crippen MR) is 77.4 cm³/mol. The van der Waals surface area contributed by atoms with Crippen molar-refractivity contribution in [3.05, 3.63) is 63.9 Å². The van der Waals surface area contributed by atoms with Crippen molar-refractivity contribution in [1.82, 2.24) is 0 Å². The number of rotatable bonds is 2. The zero-order valence-corrected chi connectivity index (χ0v) is 11.4. The van der Waals surface area contributed by atoms with Crippen LogP contribution < -0.4 is 5.32 Å². The molecule has 1 aliphatic rings. The summed E-state index contributed by atoms with van der Waals surface area (Å²) in [5, 5.41) is 13.1. The molecule has 1 atom stereocenters. The fourth-order valence-corrected chi connectivity index (χ4v) is 2.84. The van der Waals surface area contributed by atoms with Crippen LogP contribution in [0.5, 0.6) is 0 Å². The number of halogens is 2. The Morgan fingerprint density at radius 1 is 1.15 bits per heavy atom. The Balaban J connectivity index is 1.80. The number of nitriles is 1. The van der Waals surface area contributed by atoms with Crippen LogP contribution in [0.25, 0.3) is 0 Å². The summed E-state index contributed by atoms with van der Waals surface area (Å²) in [6.07, 6.45) is 1.74. The lowest BCUT2D eigenvalue weighted by atomic mass is 10.1. The first-order chi connectivity index (χ1) is 9.65. The van der Waals surface area contributed by atoms with Gasteiger partial charge in [-0.05, 0) is 54.3 Å². The SMILES string of the molecule is N#Cc1cc(F)ccc1NC1Cc2ccc(Cl)cc2C1. The molecule has 2 aromatic carbocycles. The van der Waals surface area contributed by atoms with Crippen LogP contribution in [0.1, 0.15) is 16.7 Å². The van der Waals surface area contributed by atoms with Gasteiger partial charge in [0.2, 0.25) is 0 Å². The first-order valence-electron chi connectivity index (χ1n) is 6.39. The van der Waals surface area contributed by atoms with E-state index in [9.17, 15) is 4.39 Å². The average molecular weight is 287 g/mol. The molecular formula is C16H12ClFN2. The van der Waals surface area contributed by atoms with E-state index in [4.69, 9.17) is 16.9 Å². The minimum absolute atomic E-state index is 0.209. The number of hydrogen-bond donors (Lipinski definition) is 1. The highest BCUT2D eigenvalue weighted by molar-refractivity contribution is 6.30. The van der Waals surface area contributed by atoms with Gasteiger partial charge >= 0.3 is 0 Å². The van der Waals surface area contributed by atoms with Crippen LogP contribution in [0.15, 0.2) is 36.4 Å². The van der Waals surface area contributed by atoms with Crippen molar-refractivity contribution in [2.24, 2.45) is 0 Å². The molecule has 2 nitrogen and oxygen atoms in total. The Bertz CT molecular complexity index is 706. The van der Waals surface area contributed by atoms with E-state index in [1.807, 2.05) is 24.3 Å². The molecule has 0 fully saturated rings. The van der Waals surface area contributed by atoms with Crippen LogP contribution in [0.2, 0.25) is 5.02 Å². The highest BCUT2D eigenvalue weighted by Crippen LogP contribution is 2.28. The lowest BCUT2D eigenvalue weighted by molar-refractivity contribution is 0.627. The topological polar surface area (TPSA) is 35.8 Å². The lowest BCUT2D eigenvalue weighted by Gasteiger charge is -2.14. The largest absolute Gasteiger partial charge is 0.381 e. The maximum atomic E-state index is 13.1. The molecule has 0 saturated heterocycles. The van der Waals surface area contributed by atoms with Crippen molar-refractivity contribution < 1.29 is 4.39 Å². The molecule has 0 amide bonds. The summed E-state index contributed by atoms with van der Waals surface area (Å²) in [5.74, 6) is -0.395. The van der Waals surface area contributed by atoms with E-state index in [-0.39, 0.29) is 6.04 Å². The van der Waals surface area contributed by atoms with Gasteiger partial charge in [0.05, 0.1) is 11.3 Å². The molecule has 1 N–H and O–H groups in total. The third-order valence-electron chi connectivity index (χ3n) is 3.56. The molecule has 20 heavy (non-hydrogen) atoms. The number of nitrogens with one attached hydrogen (secondary N) is 1. The van der Waals surface area contributed by atoms with E-state index in [1.54, 1.807) is 6.07 Å². The highest BCUT2D eigenvalue weighted by atomic mass is 35.5. The fraction of sp³-hybridized carbons (Fsp3) is 0.188. The first kappa shape index (κ1) is 13.0. The van der Waals surface area contributed by atoms with Gasteiger partial charge in [0.15, 0.2) is 0 Å². The van der Waals surface area contributed by atoms with Gasteiger partial charge in [0.1, 0.15) is 11.9 Å². The van der Waals surface area contributed by atoms with Crippen LogP contribution in [0.3, 0.4) is 0 Å². The molecule has 2 aromatic rings. The zero-order valence-electron chi connectivity index (χ0n) is 10.7. The Labute approximate surface area is 121 Å². The van der Waals surface area contributed by atoms with E-state index in [2.05, 4.69) is 5.32 Å². The molecule has 4 heteroatoms. The van der Waals surface area contributed by atoms with E-state index < -0.39 is 5.82 Å². The van der Waals surface area contributed by atoms with Gasteiger partial charge in [-0.15, -0.1) is 0 Å². The molecule has 3 rings (SSSR count). The zero-order chi connectivity index (χ0) is 14.1. The summed E-state index contributed by atoms with van der Waals surface area (Å²) in [6, 6.07) is 12.4. The minimum atomic E-state index is -0.395. The highest BCUT2D eigenvalue weighted by Gasteiger charge is 2.22. The van der Waals surface area contributed by atoms with Crippen molar-refractivity contribution >= 4 is 17.3 Å². The van der Waals surface area contributed by atoms with Crippen molar-refractivity contribution in [3.8, 4) is 6.07 Å². The molecule has 0 radical (unpaired) electrons. The third kappa shape index (κ3) is 2.48. The van der Waals surface area contributed by atoms with Gasteiger partial charge in [-0.25, -0.2) is 4.39 Å². The summed E-state index contributed by atoms with van der Waals surface area (Å²) in [5.41, 5.74) is 3.51. The van der Waals surface area contributed by atoms with Gasteiger partial charge in [-0.1, -0.05) is 17.7 Å². The monoisotopic (exact) mass is 286 g/mol. The summed E-state index contributed by atoms with van der Waals surface area (Å²) in [6.45, 7) is 0. The van der Waals surface area contributed by atoms with Crippen molar-refractivity contribution in [1.29, 1.82) is 5.26 Å². The van der Waals surface area contributed by atoms with E-state index >= 15 is 0 Å². The van der Waals surface area contributed by atoms with Crippen molar-refractivity contribution in [2.45, 2.75) is 18.9 Å². The van der Waals surface area contributed by atoms with Gasteiger partial charge < -0.3 is 5.32 Å². The summed E-state index contributed by atoms with van der Waals surface area (Å²) in [4.78, 5) is 0. The average Bonchev–Trinajstić information content (AvgIpc) is 2.82. The Morgan fingerprint density at radius 3 is 2.75 bits per heavy atom. The Morgan fingerprint density at radius 2 is 1.95 bits per heavy atom. The van der Waals surface area contributed by atoms with Gasteiger partial charge in [-0.3, -0.25) is 0 Å². The standard InChI is InChI=1S/C16H12ClFN2/c17-13-2-1-10-7-15(8-11(10)5-13)20-16-4-3-14(18)6-12(16)9-19/h1-6,15,20H,7-8H2. The fourth-order valence-electron chi connectivity index (χ4n) is 2.64. The van der Waals surface area contributed by atoms with Crippen LogP contribution in [-0.2, 0) is 12.8 Å². The van der Waals surface area contributed by atoms with E-state index in [0.717, 1.165) is 17.9 Å². The summed E-state index contributed by atoms with van der Waals surface area (Å²) < 4.78 is 13.1. The molecule has 1 unspecified atom stereocenters. The molecule has 0 bridgehead atoms. The second-order valence-electron chi connectivity index (χ2n) is 4.96. The van der Waals surface area contributed by atoms with Gasteiger partial charge in [0.25, 0.3) is 0 Å². The first-order valence-corrected chi connectivity index (χ1v) is 6.77. The van der Waals surface area contributed by atoms with Crippen LogP contribution in [0, 0.1) is 17.1 Å². The maximum Gasteiger partial charge on any atom is 0.124 e. The van der Waals surface area contributed by atoms with Crippen molar-refractivity contribution in [2.75, 3.05) is 5.32 Å². The Hall–Kier alpha value is -2.05. The predicted octanol–water partition coefficient (Wildman–Crippen LogP) is 3.93. The maximum absolute atomic E-state index is 13.1. The van der Waals surface area contributed by atoms with Crippen LogP contribution in [-0.4, -0.2) is 6.04 Å². The van der Waals surface area contributed by atoms with Gasteiger partial charge in [0, 0.05) is 11.1 Å². The lowest BCUT2D eigenvalue weighted by Crippen LogP contribution is -2.20. The summed E-state index contributed by atoms with van der Waals surface area (Å²) in [7, 11) is 0. The molecule has 0 aliphatic heterocycles. The second kappa shape index (κ2) is 5.15. The molecular weight excluding hydrogens is 275 g/mol. The number of hydrogen-bond acceptors (Lipinski definition) is 2. The number of nitrogens with zero attached hydrogens (tertiary/aromatic N) is 1. The smallest absolute Gasteiger partial charge is 0.124 e. The van der Waals surface area contributed by atoms with Gasteiger partial charge in [-0.2, -0.15) is 5.26 Å². The molecule has 0 spiro atoms. The summed E-state index contributed by atoms with van der Waals surface area (Å²) >= 11 is 5.99. The third-order valence-corrected chi connectivity index (χ3v) is 3.80. The van der Waals surface area contributed by atoms with E-state index in [1.165, 1.54) is 23.3 Å². The Kier molecular flexibility index (Phi) is 3.33. The quantitative estimate of drug-likeness (QED) is 0.908. The number of fused-ring (bicyclic) bond motifs is 1. The molecule has 1 aliphatic carbocycles. The van der Waals surface area contributed by atoms with Crippen LogP contribution >= 0.6 is 11.6 Å². The van der Waals surface area contributed by atoms with Crippen LogP contribution in [0.4, 0.5) is 10.1 Å². The second-order valence-corrected chi connectivity index (χ2v) is 5.40. The normalized spacial score (nSPS) is 16.6. The molecule has 0 saturated carbocycles. The minimum Gasteiger partial charge on any atom is -0.381 e. The van der Waals surface area contributed by atoms with E-state index in [0.29, 0.717) is 11.3 Å². The molecule has 0 aromatic heterocycles. The molecule has 100 valence electrons. The number of benzene rings is 2. The number of anilines is 1. The van der Waals surface area contributed by atoms with Crippen molar-refractivity contribution in [3.63, 3.8) is 0 Å². The molecule has 0 heterocycles.